The van der Waals surface area contributed by atoms with Crippen LogP contribution in [-0.2, 0) is 20.8 Å². The van der Waals surface area contributed by atoms with Gasteiger partial charge in [-0.3, -0.25) is 4.68 Å². The molecule has 0 saturated heterocycles. The van der Waals surface area contributed by atoms with Gasteiger partial charge in [0.15, 0.2) is 6.61 Å². The maximum absolute atomic E-state index is 11.9. The summed E-state index contributed by atoms with van der Waals surface area (Å²) in [5.41, 5.74) is 3.26. The average Bonchev–Trinajstić information content (AvgIpc) is 3.30. The lowest BCUT2D eigenvalue weighted by atomic mass is 9.82. The summed E-state index contributed by atoms with van der Waals surface area (Å²) in [5, 5.41) is 14.1. The highest BCUT2D eigenvalue weighted by molar-refractivity contribution is 5.85. The molecule has 40 heavy (non-hydrogen) atoms. The van der Waals surface area contributed by atoms with Gasteiger partial charge >= 0.3 is 5.97 Å². The number of benzene rings is 2. The number of nitrogens with zero attached hydrogens (tertiary/aromatic N) is 3. The summed E-state index contributed by atoms with van der Waals surface area (Å²) >= 11 is 0. The van der Waals surface area contributed by atoms with Gasteiger partial charge in [0.1, 0.15) is 24.0 Å². The fraction of sp³-hybridized carbons (Fsp3) is 0.469. The van der Waals surface area contributed by atoms with Gasteiger partial charge in [0.2, 0.25) is 5.88 Å². The molecule has 0 spiro atoms. The smallest absolute Gasteiger partial charge is 0.332 e. The number of hydrogen-bond donors (Lipinski definition) is 0. The summed E-state index contributed by atoms with van der Waals surface area (Å²) < 4.78 is 24.4. The fourth-order valence-corrected chi connectivity index (χ4v) is 5.21. The number of carbonyl (C=O) groups is 1. The van der Waals surface area contributed by atoms with E-state index in [9.17, 15) is 10.1 Å². The zero-order valence-electron chi connectivity index (χ0n) is 23.9. The van der Waals surface area contributed by atoms with Crippen LogP contribution in [0.2, 0.25) is 0 Å². The molecule has 2 aromatic carbocycles. The van der Waals surface area contributed by atoms with E-state index in [4.69, 9.17) is 24.0 Å². The molecule has 0 bridgehead atoms. The number of aromatic nitrogens is 2. The van der Waals surface area contributed by atoms with E-state index < -0.39 is 5.60 Å². The first-order valence-corrected chi connectivity index (χ1v) is 13.9. The molecule has 0 unspecified atom stereocenters. The minimum Gasteiger partial charge on any atom is -0.497 e. The molecule has 3 aromatic rings. The first-order valence-electron chi connectivity index (χ1n) is 13.9. The van der Waals surface area contributed by atoms with Crippen LogP contribution in [0.15, 0.2) is 54.6 Å². The van der Waals surface area contributed by atoms with E-state index in [2.05, 4.69) is 18.2 Å². The van der Waals surface area contributed by atoms with Gasteiger partial charge in [0.05, 0.1) is 25.0 Å². The summed E-state index contributed by atoms with van der Waals surface area (Å²) in [5.74, 6) is 1.72. The normalized spacial score (nSPS) is 17.2. The third-order valence-corrected chi connectivity index (χ3v) is 6.99. The number of methoxy groups -OCH3 is 1. The van der Waals surface area contributed by atoms with Crippen LogP contribution in [0.4, 0.5) is 0 Å². The number of hydrogen-bond acceptors (Lipinski definition) is 7. The van der Waals surface area contributed by atoms with Crippen molar-refractivity contribution in [3.05, 3.63) is 54.6 Å². The van der Waals surface area contributed by atoms with Gasteiger partial charge in [-0.2, -0.15) is 5.26 Å². The predicted octanol–water partition coefficient (Wildman–Crippen LogP) is 6.29. The van der Waals surface area contributed by atoms with Gasteiger partial charge < -0.3 is 18.9 Å². The average molecular weight is 546 g/mol. The topological polar surface area (TPSA) is 95.6 Å². The van der Waals surface area contributed by atoms with Crippen LogP contribution in [0.25, 0.3) is 22.4 Å². The Hall–Kier alpha value is -3.83. The van der Waals surface area contributed by atoms with E-state index in [1.807, 2.05) is 67.9 Å². The van der Waals surface area contributed by atoms with Crippen LogP contribution < -0.4 is 9.47 Å². The van der Waals surface area contributed by atoms with Crippen molar-refractivity contribution in [2.24, 2.45) is 11.8 Å². The minimum absolute atomic E-state index is 0.0105. The molecule has 1 saturated carbocycles. The fourth-order valence-electron chi connectivity index (χ4n) is 5.21. The van der Waals surface area contributed by atoms with Gasteiger partial charge in [-0.15, -0.1) is 5.10 Å². The predicted molar refractivity (Wildman–Crippen MR) is 153 cm³/mol. The molecule has 0 radical (unpaired) electrons. The first kappa shape index (κ1) is 29.2. The lowest BCUT2D eigenvalue weighted by Crippen LogP contribution is -2.28. The van der Waals surface area contributed by atoms with E-state index in [1.165, 1.54) is 0 Å². The van der Waals surface area contributed by atoms with Crippen LogP contribution in [0.3, 0.4) is 0 Å². The molecule has 0 amide bonds. The summed E-state index contributed by atoms with van der Waals surface area (Å²) in [6.45, 7) is 6.77. The highest BCUT2D eigenvalue weighted by Gasteiger charge is 2.27. The first-order chi connectivity index (χ1) is 19.3. The molecule has 8 heteroatoms. The second-order valence-electron chi connectivity index (χ2n) is 11.2. The number of carbonyl (C=O) groups excluding carboxylic acids is 1. The van der Waals surface area contributed by atoms with Crippen molar-refractivity contribution in [1.29, 1.82) is 5.26 Å². The second-order valence-corrected chi connectivity index (χ2v) is 11.2. The van der Waals surface area contributed by atoms with Crippen molar-refractivity contribution in [3.8, 4) is 40.1 Å². The Balaban J connectivity index is 1.51. The zero-order valence-corrected chi connectivity index (χ0v) is 23.9. The molecule has 1 aliphatic rings. The van der Waals surface area contributed by atoms with Crippen molar-refractivity contribution >= 4 is 5.97 Å². The molecule has 1 heterocycles. The molecule has 8 nitrogen and oxygen atoms in total. The van der Waals surface area contributed by atoms with E-state index in [-0.39, 0.29) is 19.2 Å². The van der Waals surface area contributed by atoms with Crippen molar-refractivity contribution in [3.63, 3.8) is 0 Å². The Morgan fingerprint density at radius 2 is 1.73 bits per heavy atom. The Morgan fingerprint density at radius 3 is 2.40 bits per heavy atom. The molecule has 0 N–H and O–H groups in total. The maximum Gasteiger partial charge on any atom is 0.332 e. The Labute approximate surface area is 236 Å². The molecular weight excluding hydrogens is 506 g/mol. The third-order valence-electron chi connectivity index (χ3n) is 6.99. The van der Waals surface area contributed by atoms with Crippen molar-refractivity contribution in [1.82, 2.24) is 9.78 Å². The van der Waals surface area contributed by atoms with E-state index in [0.717, 1.165) is 60.4 Å². The Morgan fingerprint density at radius 1 is 1.02 bits per heavy atom. The molecular formula is C32H39N3O5. The quantitative estimate of drug-likeness (QED) is 0.261. The standard InChI is InChI=1S/C32H39N3O5/c1-32(2,3)40-28(36)22-38-21-24-15-13-23(14-16-24)20-35-30(25-9-6-5-7-10-25)29(31(34-35)39-18-17-33)26-11-8-12-27(19-26)37-4/h5-12,19,23-24H,13-16,18,20-22H2,1-4H3/t23-,24-. The number of esters is 1. The lowest BCUT2D eigenvalue weighted by Gasteiger charge is -2.28. The largest absolute Gasteiger partial charge is 0.497 e. The van der Waals surface area contributed by atoms with E-state index in [0.29, 0.717) is 24.3 Å². The maximum atomic E-state index is 11.9. The van der Waals surface area contributed by atoms with Gasteiger partial charge in [-0.05, 0) is 76.0 Å². The number of ether oxygens (including phenoxy) is 4. The van der Waals surface area contributed by atoms with Gasteiger partial charge in [0, 0.05) is 12.1 Å². The Bertz CT molecular complexity index is 1300. The highest BCUT2D eigenvalue weighted by atomic mass is 16.6. The summed E-state index contributed by atoms with van der Waals surface area (Å²) in [6.07, 6.45) is 4.14. The monoisotopic (exact) mass is 545 g/mol. The van der Waals surface area contributed by atoms with Crippen LogP contribution >= 0.6 is 0 Å². The molecule has 0 aliphatic heterocycles. The molecule has 1 fully saturated rings. The van der Waals surface area contributed by atoms with E-state index in [1.54, 1.807) is 7.11 Å². The van der Waals surface area contributed by atoms with Crippen LogP contribution in [0.1, 0.15) is 46.5 Å². The van der Waals surface area contributed by atoms with Gasteiger partial charge in [-0.25, -0.2) is 4.79 Å². The summed E-state index contributed by atoms with van der Waals surface area (Å²) in [6, 6.07) is 20.1. The van der Waals surface area contributed by atoms with Crippen LogP contribution in [0.5, 0.6) is 11.6 Å². The summed E-state index contributed by atoms with van der Waals surface area (Å²) in [7, 11) is 1.65. The van der Waals surface area contributed by atoms with Crippen molar-refractivity contribution in [2.75, 3.05) is 26.9 Å². The third kappa shape index (κ3) is 7.86. The van der Waals surface area contributed by atoms with Crippen LogP contribution in [0, 0.1) is 23.2 Å². The molecule has 1 aliphatic carbocycles. The van der Waals surface area contributed by atoms with Crippen LogP contribution in [-0.4, -0.2) is 48.3 Å². The van der Waals surface area contributed by atoms with Gasteiger partial charge in [0.25, 0.3) is 0 Å². The number of rotatable bonds is 11. The number of nitriles is 1. The molecule has 0 atom stereocenters. The molecule has 1 aromatic heterocycles. The summed E-state index contributed by atoms with van der Waals surface area (Å²) in [4.78, 5) is 11.9. The highest BCUT2D eigenvalue weighted by Crippen LogP contribution is 2.41. The second kappa shape index (κ2) is 13.5. The Kier molecular flexibility index (Phi) is 9.84. The van der Waals surface area contributed by atoms with Crippen molar-refractivity contribution in [2.45, 2.75) is 58.6 Å². The zero-order chi connectivity index (χ0) is 28.5. The molecule has 4 rings (SSSR count). The SMILES string of the molecule is COc1cccc(-c2c(OCC#N)nn(C[C@H]3CC[C@H](COCC(=O)OC(C)(C)C)CC3)c2-c2ccccc2)c1. The van der Waals surface area contributed by atoms with Crippen molar-refractivity contribution < 1.29 is 23.7 Å². The van der Waals surface area contributed by atoms with Gasteiger partial charge in [-0.1, -0.05) is 42.5 Å². The van der Waals surface area contributed by atoms with E-state index >= 15 is 0 Å². The minimum atomic E-state index is -0.504. The lowest BCUT2D eigenvalue weighted by molar-refractivity contribution is -0.160. The molecule has 212 valence electrons.